The van der Waals surface area contributed by atoms with E-state index in [1.165, 1.54) is 0 Å². The molecule has 1 atom stereocenters. The topological polar surface area (TPSA) is 58.6 Å². The van der Waals surface area contributed by atoms with Crippen LogP contribution in [0.15, 0.2) is 72.8 Å². The third kappa shape index (κ3) is 4.75. The third-order valence-corrected chi connectivity index (χ3v) is 5.27. The van der Waals surface area contributed by atoms with Crippen LogP contribution in [0.5, 0.6) is 11.5 Å². The molecule has 5 nitrogen and oxygen atoms in total. The SMILES string of the molecule is O=C(Nc1ccc(Oc2ccc(Cl)cc2)cc1)[C@H]1CC(=O)N(c2cccc(Cl)c2)C1. The van der Waals surface area contributed by atoms with Crippen molar-refractivity contribution in [2.45, 2.75) is 6.42 Å². The molecule has 30 heavy (non-hydrogen) atoms. The van der Waals surface area contributed by atoms with E-state index in [-0.39, 0.29) is 18.2 Å². The highest BCUT2D eigenvalue weighted by Gasteiger charge is 2.35. The summed E-state index contributed by atoms with van der Waals surface area (Å²) in [4.78, 5) is 26.6. The van der Waals surface area contributed by atoms with E-state index < -0.39 is 5.92 Å². The van der Waals surface area contributed by atoms with Crippen LogP contribution in [0, 0.1) is 5.92 Å². The minimum absolute atomic E-state index is 0.0934. The van der Waals surface area contributed by atoms with Crippen molar-refractivity contribution < 1.29 is 14.3 Å². The zero-order valence-corrected chi connectivity index (χ0v) is 17.4. The number of hydrogen-bond acceptors (Lipinski definition) is 3. The van der Waals surface area contributed by atoms with E-state index in [0.29, 0.717) is 39.5 Å². The lowest BCUT2D eigenvalue weighted by molar-refractivity contribution is -0.122. The Kier molecular flexibility index (Phi) is 5.93. The molecule has 0 bridgehead atoms. The van der Waals surface area contributed by atoms with E-state index in [2.05, 4.69) is 5.32 Å². The summed E-state index contributed by atoms with van der Waals surface area (Å²) in [6, 6.07) is 21.2. The maximum atomic E-state index is 12.7. The van der Waals surface area contributed by atoms with Gasteiger partial charge in [0, 0.05) is 34.4 Å². The molecular formula is C23H18Cl2N2O3. The number of rotatable bonds is 5. The number of nitrogens with one attached hydrogen (secondary N) is 1. The number of anilines is 2. The first-order chi connectivity index (χ1) is 14.5. The first-order valence-corrected chi connectivity index (χ1v) is 10.1. The van der Waals surface area contributed by atoms with Crippen LogP contribution in [0.25, 0.3) is 0 Å². The van der Waals surface area contributed by atoms with Gasteiger partial charge in [0.05, 0.1) is 5.92 Å². The second-order valence-corrected chi connectivity index (χ2v) is 7.83. The number of ether oxygens (including phenoxy) is 1. The molecule has 7 heteroatoms. The number of carbonyl (C=O) groups is 2. The molecule has 3 aromatic carbocycles. The summed E-state index contributed by atoms with van der Waals surface area (Å²) in [5.74, 6) is 0.588. The molecule has 0 unspecified atom stereocenters. The van der Waals surface area contributed by atoms with E-state index in [4.69, 9.17) is 27.9 Å². The van der Waals surface area contributed by atoms with Gasteiger partial charge >= 0.3 is 0 Å². The van der Waals surface area contributed by atoms with Crippen molar-refractivity contribution in [2.75, 3.05) is 16.8 Å². The largest absolute Gasteiger partial charge is 0.457 e. The molecule has 0 aliphatic carbocycles. The Morgan fingerprint density at radius 2 is 1.60 bits per heavy atom. The van der Waals surface area contributed by atoms with E-state index in [1.807, 2.05) is 6.07 Å². The van der Waals surface area contributed by atoms with Crippen LogP contribution in [0.2, 0.25) is 10.0 Å². The standard InChI is InChI=1S/C23H18Cl2N2O3/c24-16-4-8-20(9-5-16)30-21-10-6-18(7-11-21)26-23(29)15-12-22(28)27(14-15)19-3-1-2-17(25)13-19/h1-11,13,15H,12,14H2,(H,26,29)/t15-/m0/s1. The van der Waals surface area contributed by atoms with Crippen molar-refractivity contribution in [1.29, 1.82) is 0 Å². The Balaban J connectivity index is 1.37. The van der Waals surface area contributed by atoms with Gasteiger partial charge in [-0.1, -0.05) is 29.3 Å². The smallest absolute Gasteiger partial charge is 0.229 e. The van der Waals surface area contributed by atoms with Crippen molar-refractivity contribution >= 4 is 46.4 Å². The van der Waals surface area contributed by atoms with Gasteiger partial charge in [0.25, 0.3) is 0 Å². The van der Waals surface area contributed by atoms with Gasteiger partial charge in [0.15, 0.2) is 0 Å². The molecule has 1 aliphatic heterocycles. The summed E-state index contributed by atoms with van der Waals surface area (Å²) in [5, 5.41) is 4.06. The molecule has 1 saturated heterocycles. The lowest BCUT2D eigenvalue weighted by Crippen LogP contribution is -2.28. The normalized spacial score (nSPS) is 15.9. The molecule has 1 aliphatic rings. The molecule has 152 valence electrons. The number of amides is 2. The molecule has 1 fully saturated rings. The van der Waals surface area contributed by atoms with Crippen LogP contribution in [0.4, 0.5) is 11.4 Å². The second kappa shape index (κ2) is 8.78. The van der Waals surface area contributed by atoms with E-state index in [0.717, 1.165) is 0 Å². The predicted molar refractivity (Wildman–Crippen MR) is 119 cm³/mol. The second-order valence-electron chi connectivity index (χ2n) is 6.95. The van der Waals surface area contributed by atoms with Crippen molar-refractivity contribution in [2.24, 2.45) is 5.92 Å². The third-order valence-electron chi connectivity index (χ3n) is 4.79. The molecule has 1 N–H and O–H groups in total. The monoisotopic (exact) mass is 440 g/mol. The summed E-state index contributed by atoms with van der Waals surface area (Å²) in [6.07, 6.45) is 0.163. The molecule has 1 heterocycles. The average molecular weight is 441 g/mol. The number of carbonyl (C=O) groups excluding carboxylic acids is 2. The Hall–Kier alpha value is -3.02. The lowest BCUT2D eigenvalue weighted by Gasteiger charge is -2.17. The van der Waals surface area contributed by atoms with Crippen molar-refractivity contribution in [3.63, 3.8) is 0 Å². The van der Waals surface area contributed by atoms with Crippen molar-refractivity contribution in [3.8, 4) is 11.5 Å². The van der Waals surface area contributed by atoms with Gasteiger partial charge in [-0.25, -0.2) is 0 Å². The van der Waals surface area contributed by atoms with E-state index in [1.54, 1.807) is 71.6 Å². The number of hydrogen-bond donors (Lipinski definition) is 1. The predicted octanol–water partition coefficient (Wildman–Crippen LogP) is 5.78. The number of halogens is 2. The molecular weight excluding hydrogens is 423 g/mol. The van der Waals surface area contributed by atoms with Crippen LogP contribution >= 0.6 is 23.2 Å². The van der Waals surface area contributed by atoms with Gasteiger partial charge in [-0.05, 0) is 66.7 Å². The fourth-order valence-electron chi connectivity index (χ4n) is 3.27. The summed E-state index contributed by atoms with van der Waals surface area (Å²) in [7, 11) is 0. The van der Waals surface area contributed by atoms with E-state index in [9.17, 15) is 9.59 Å². The van der Waals surface area contributed by atoms with Gasteiger partial charge < -0.3 is 15.0 Å². The molecule has 0 radical (unpaired) electrons. The maximum absolute atomic E-state index is 12.7. The van der Waals surface area contributed by atoms with Crippen molar-refractivity contribution in [3.05, 3.63) is 82.8 Å². The molecule has 3 aromatic rings. The fourth-order valence-corrected chi connectivity index (χ4v) is 3.58. The molecule has 0 saturated carbocycles. The fraction of sp³-hybridized carbons (Fsp3) is 0.130. The maximum Gasteiger partial charge on any atom is 0.229 e. The van der Waals surface area contributed by atoms with Gasteiger partial charge in [0.2, 0.25) is 11.8 Å². The van der Waals surface area contributed by atoms with Crippen LogP contribution in [0.1, 0.15) is 6.42 Å². The summed E-state index contributed by atoms with van der Waals surface area (Å²) >= 11 is 11.9. The molecule has 4 rings (SSSR count). The highest BCUT2D eigenvalue weighted by Crippen LogP contribution is 2.29. The van der Waals surface area contributed by atoms with E-state index >= 15 is 0 Å². The Morgan fingerprint density at radius 1 is 0.933 bits per heavy atom. The highest BCUT2D eigenvalue weighted by atomic mass is 35.5. The molecule has 0 aromatic heterocycles. The lowest BCUT2D eigenvalue weighted by atomic mass is 10.1. The average Bonchev–Trinajstić information content (AvgIpc) is 3.13. The van der Waals surface area contributed by atoms with Gasteiger partial charge in [-0.15, -0.1) is 0 Å². The van der Waals surface area contributed by atoms with Gasteiger partial charge in [-0.2, -0.15) is 0 Å². The Morgan fingerprint density at radius 3 is 2.27 bits per heavy atom. The molecule has 0 spiro atoms. The zero-order valence-electron chi connectivity index (χ0n) is 15.8. The minimum atomic E-state index is -0.429. The van der Waals surface area contributed by atoms with Gasteiger partial charge in [0.1, 0.15) is 11.5 Å². The van der Waals surface area contributed by atoms with Crippen LogP contribution in [-0.4, -0.2) is 18.4 Å². The van der Waals surface area contributed by atoms with Crippen LogP contribution in [0.3, 0.4) is 0 Å². The number of nitrogens with zero attached hydrogens (tertiary/aromatic N) is 1. The zero-order chi connectivity index (χ0) is 21.1. The summed E-state index contributed by atoms with van der Waals surface area (Å²) < 4.78 is 5.75. The minimum Gasteiger partial charge on any atom is -0.457 e. The quantitative estimate of drug-likeness (QED) is 0.546. The number of benzene rings is 3. The van der Waals surface area contributed by atoms with Crippen LogP contribution in [-0.2, 0) is 9.59 Å². The Bertz CT molecular complexity index is 1070. The van der Waals surface area contributed by atoms with Crippen molar-refractivity contribution in [1.82, 2.24) is 0 Å². The first-order valence-electron chi connectivity index (χ1n) is 9.38. The highest BCUT2D eigenvalue weighted by molar-refractivity contribution is 6.31. The van der Waals surface area contributed by atoms with Gasteiger partial charge in [-0.3, -0.25) is 9.59 Å². The van der Waals surface area contributed by atoms with Crippen LogP contribution < -0.4 is 15.0 Å². The Labute approximate surface area is 184 Å². The summed E-state index contributed by atoms with van der Waals surface area (Å²) in [6.45, 7) is 0.322. The summed E-state index contributed by atoms with van der Waals surface area (Å²) in [5.41, 5.74) is 1.34. The first kappa shape index (κ1) is 20.3. The molecule has 2 amide bonds.